The number of ether oxygens (including phenoxy) is 2. The summed E-state index contributed by atoms with van der Waals surface area (Å²) in [5.41, 5.74) is 0.535. The number of hydrogen-bond donors (Lipinski definition) is 1. The molecule has 0 radical (unpaired) electrons. The largest absolute Gasteiger partial charge is 0.490 e. The maximum absolute atomic E-state index is 12.9. The van der Waals surface area contributed by atoms with Crippen LogP contribution in [0, 0.1) is 5.92 Å². The average Bonchev–Trinajstić information content (AvgIpc) is 3.46. The Labute approximate surface area is 154 Å². The van der Waals surface area contributed by atoms with Gasteiger partial charge in [-0.1, -0.05) is 11.6 Å². The molecule has 1 N–H and O–H groups in total. The van der Waals surface area contributed by atoms with Crippen LogP contribution in [0.4, 0.5) is 0 Å². The van der Waals surface area contributed by atoms with E-state index in [0.717, 1.165) is 38.4 Å². The first-order chi connectivity index (χ1) is 12.2. The minimum atomic E-state index is -0.00411. The molecule has 0 spiro atoms. The van der Waals surface area contributed by atoms with E-state index in [4.69, 9.17) is 21.1 Å². The lowest BCUT2D eigenvalue weighted by molar-refractivity contribution is 0.0698. The highest BCUT2D eigenvalue weighted by atomic mass is 35.5. The molecule has 6 heteroatoms. The summed E-state index contributed by atoms with van der Waals surface area (Å²) in [7, 11) is 1.62. The molecule has 1 heterocycles. The first-order valence-electron chi connectivity index (χ1n) is 9.11. The molecule has 1 amide bonds. The maximum atomic E-state index is 12.9. The zero-order valence-electron chi connectivity index (χ0n) is 14.8. The van der Waals surface area contributed by atoms with Gasteiger partial charge in [-0.05, 0) is 56.3 Å². The number of rotatable bonds is 8. The highest BCUT2D eigenvalue weighted by Crippen LogP contribution is 2.29. The Morgan fingerprint density at radius 2 is 2.00 bits per heavy atom. The zero-order chi connectivity index (χ0) is 17.6. The van der Waals surface area contributed by atoms with E-state index in [1.54, 1.807) is 25.3 Å². The van der Waals surface area contributed by atoms with E-state index in [0.29, 0.717) is 35.6 Å². The van der Waals surface area contributed by atoms with Crippen molar-refractivity contribution in [3.8, 4) is 5.75 Å². The molecule has 0 unspecified atom stereocenters. The van der Waals surface area contributed by atoms with Crippen LogP contribution in [0.25, 0.3) is 0 Å². The van der Waals surface area contributed by atoms with Gasteiger partial charge in [-0.15, -0.1) is 0 Å². The van der Waals surface area contributed by atoms with Gasteiger partial charge in [0.05, 0.1) is 12.2 Å². The molecular formula is C19H27ClN2O3. The Morgan fingerprint density at radius 1 is 1.24 bits per heavy atom. The Morgan fingerprint density at radius 3 is 2.68 bits per heavy atom. The fraction of sp³-hybridized carbons (Fsp3) is 0.632. The van der Waals surface area contributed by atoms with Gasteiger partial charge in [0.25, 0.3) is 5.91 Å². The van der Waals surface area contributed by atoms with Crippen LogP contribution in [0.3, 0.4) is 0 Å². The number of likely N-dealkylation sites (tertiary alicyclic amines) is 1. The van der Waals surface area contributed by atoms with Crippen molar-refractivity contribution in [2.24, 2.45) is 5.92 Å². The normalized spacial score (nSPS) is 18.4. The van der Waals surface area contributed by atoms with E-state index in [1.165, 1.54) is 12.8 Å². The number of amides is 1. The molecule has 25 heavy (non-hydrogen) atoms. The number of carbonyl (C=O) groups is 1. The second-order valence-corrected chi connectivity index (χ2v) is 7.34. The number of nitrogens with zero attached hydrogens (tertiary/aromatic N) is 1. The van der Waals surface area contributed by atoms with E-state index in [-0.39, 0.29) is 5.91 Å². The van der Waals surface area contributed by atoms with Crippen molar-refractivity contribution < 1.29 is 14.3 Å². The monoisotopic (exact) mass is 366 g/mol. The Kier molecular flexibility index (Phi) is 6.57. The summed E-state index contributed by atoms with van der Waals surface area (Å²) in [5, 5.41) is 4.18. The molecule has 3 rings (SSSR count). The van der Waals surface area contributed by atoms with E-state index in [9.17, 15) is 4.79 Å². The van der Waals surface area contributed by atoms with Crippen LogP contribution in [0.1, 0.15) is 36.0 Å². The van der Waals surface area contributed by atoms with E-state index in [2.05, 4.69) is 5.32 Å². The summed E-state index contributed by atoms with van der Waals surface area (Å²) in [6.07, 6.45) is 4.73. The highest BCUT2D eigenvalue weighted by molar-refractivity contribution is 6.31. The van der Waals surface area contributed by atoms with Crippen LogP contribution in [0.2, 0.25) is 5.02 Å². The molecule has 1 aromatic carbocycles. The van der Waals surface area contributed by atoms with Crippen LogP contribution in [-0.4, -0.2) is 56.8 Å². The molecule has 0 bridgehead atoms. The smallest absolute Gasteiger partial charge is 0.257 e. The third-order valence-electron chi connectivity index (χ3n) is 4.89. The third kappa shape index (κ3) is 5.33. The number of nitrogens with one attached hydrogen (secondary N) is 1. The third-order valence-corrected chi connectivity index (χ3v) is 5.13. The SMILES string of the molecule is COCCOc1ccc(Cl)cc1C(=O)N1CCC(NCC2CC2)CC1. The van der Waals surface area contributed by atoms with Gasteiger partial charge in [0, 0.05) is 31.3 Å². The van der Waals surface area contributed by atoms with Crippen LogP contribution < -0.4 is 10.1 Å². The molecule has 0 aromatic heterocycles. The van der Waals surface area contributed by atoms with Crippen molar-refractivity contribution >= 4 is 17.5 Å². The topological polar surface area (TPSA) is 50.8 Å². The quantitative estimate of drug-likeness (QED) is 0.719. The molecule has 2 aliphatic rings. The van der Waals surface area contributed by atoms with Gasteiger partial charge in [-0.2, -0.15) is 0 Å². The first kappa shape index (κ1) is 18.5. The van der Waals surface area contributed by atoms with Crippen LogP contribution in [0.15, 0.2) is 18.2 Å². The summed E-state index contributed by atoms with van der Waals surface area (Å²) in [6, 6.07) is 5.73. The maximum Gasteiger partial charge on any atom is 0.257 e. The summed E-state index contributed by atoms with van der Waals surface area (Å²) < 4.78 is 10.7. The molecule has 1 saturated heterocycles. The number of methoxy groups -OCH3 is 1. The second-order valence-electron chi connectivity index (χ2n) is 6.90. The van der Waals surface area contributed by atoms with Crippen molar-refractivity contribution in [3.05, 3.63) is 28.8 Å². The Bertz CT molecular complexity index is 584. The number of halogens is 1. The predicted octanol–water partition coefficient (Wildman–Crippen LogP) is 2.97. The minimum Gasteiger partial charge on any atom is -0.490 e. The van der Waals surface area contributed by atoms with E-state index >= 15 is 0 Å². The van der Waals surface area contributed by atoms with Gasteiger partial charge in [0.2, 0.25) is 0 Å². The standard InChI is InChI=1S/C19H27ClN2O3/c1-24-10-11-25-18-5-4-15(20)12-17(18)19(23)22-8-6-16(7-9-22)21-13-14-2-3-14/h4-5,12,14,16,21H,2-3,6-11,13H2,1H3. The van der Waals surface area contributed by atoms with Crippen LogP contribution >= 0.6 is 11.6 Å². The van der Waals surface area contributed by atoms with Crippen LogP contribution in [-0.2, 0) is 4.74 Å². The fourth-order valence-electron chi connectivity index (χ4n) is 3.14. The molecule has 0 atom stereocenters. The molecule has 138 valence electrons. The first-order valence-corrected chi connectivity index (χ1v) is 9.49. The van der Waals surface area contributed by atoms with Crippen molar-refractivity contribution in [2.45, 2.75) is 31.7 Å². The summed E-state index contributed by atoms with van der Waals surface area (Å²) in [6.45, 7) is 3.56. The van der Waals surface area contributed by atoms with Gasteiger partial charge in [-0.3, -0.25) is 4.79 Å². The molecule has 2 fully saturated rings. The van der Waals surface area contributed by atoms with Crippen molar-refractivity contribution in [1.29, 1.82) is 0 Å². The van der Waals surface area contributed by atoms with Gasteiger partial charge in [0.1, 0.15) is 12.4 Å². The minimum absolute atomic E-state index is 0.00411. The van der Waals surface area contributed by atoms with Gasteiger partial charge < -0.3 is 19.7 Å². The van der Waals surface area contributed by atoms with Crippen LogP contribution in [0.5, 0.6) is 5.75 Å². The Balaban J connectivity index is 1.57. The number of benzene rings is 1. The molecule has 5 nitrogen and oxygen atoms in total. The average molecular weight is 367 g/mol. The molecular weight excluding hydrogens is 340 g/mol. The predicted molar refractivity (Wildman–Crippen MR) is 98.5 cm³/mol. The molecule has 1 aliphatic heterocycles. The van der Waals surface area contributed by atoms with Gasteiger partial charge in [-0.25, -0.2) is 0 Å². The van der Waals surface area contributed by atoms with Crippen molar-refractivity contribution in [2.75, 3.05) is 40.0 Å². The highest BCUT2D eigenvalue weighted by Gasteiger charge is 2.27. The molecule has 1 aliphatic carbocycles. The number of hydrogen-bond acceptors (Lipinski definition) is 4. The summed E-state index contributed by atoms with van der Waals surface area (Å²) in [4.78, 5) is 14.8. The van der Waals surface area contributed by atoms with Gasteiger partial charge in [0.15, 0.2) is 0 Å². The summed E-state index contributed by atoms with van der Waals surface area (Å²) in [5.74, 6) is 1.45. The fourth-order valence-corrected chi connectivity index (χ4v) is 3.31. The van der Waals surface area contributed by atoms with Crippen molar-refractivity contribution in [3.63, 3.8) is 0 Å². The van der Waals surface area contributed by atoms with E-state index in [1.807, 2.05) is 4.90 Å². The van der Waals surface area contributed by atoms with Crippen molar-refractivity contribution in [1.82, 2.24) is 10.2 Å². The second kappa shape index (κ2) is 8.88. The molecule has 1 aromatic rings. The van der Waals surface area contributed by atoms with Gasteiger partial charge >= 0.3 is 0 Å². The lowest BCUT2D eigenvalue weighted by atomic mass is 10.0. The number of piperidine rings is 1. The lowest BCUT2D eigenvalue weighted by Crippen LogP contribution is -2.45. The Hall–Kier alpha value is -1.30. The summed E-state index contributed by atoms with van der Waals surface area (Å²) >= 11 is 6.10. The lowest BCUT2D eigenvalue weighted by Gasteiger charge is -2.33. The zero-order valence-corrected chi connectivity index (χ0v) is 15.6. The number of carbonyl (C=O) groups excluding carboxylic acids is 1. The molecule has 1 saturated carbocycles. The van der Waals surface area contributed by atoms with E-state index < -0.39 is 0 Å².